The number of anilines is 1. The minimum Gasteiger partial charge on any atom is -0.494 e. The number of rotatable bonds is 11. The van der Waals surface area contributed by atoms with Crippen molar-refractivity contribution in [1.29, 1.82) is 0 Å². The van der Waals surface area contributed by atoms with Crippen LogP contribution in [0.25, 0.3) is 0 Å². The van der Waals surface area contributed by atoms with Crippen LogP contribution in [0.2, 0.25) is 0 Å². The molecule has 0 aliphatic carbocycles. The van der Waals surface area contributed by atoms with E-state index in [4.69, 9.17) is 9.47 Å². The van der Waals surface area contributed by atoms with E-state index in [2.05, 4.69) is 28.2 Å². The first-order valence-electron chi connectivity index (χ1n) is 9.92. The van der Waals surface area contributed by atoms with E-state index in [9.17, 15) is 4.79 Å². The van der Waals surface area contributed by atoms with Gasteiger partial charge in [-0.2, -0.15) is 0 Å². The molecule has 28 heavy (non-hydrogen) atoms. The van der Waals surface area contributed by atoms with Crippen LogP contribution >= 0.6 is 15.9 Å². The third-order valence-corrected chi connectivity index (χ3v) is 4.89. The highest BCUT2D eigenvalue weighted by atomic mass is 79.9. The van der Waals surface area contributed by atoms with Gasteiger partial charge in [-0.25, -0.2) is 0 Å². The molecule has 2 aromatic carbocycles. The summed E-state index contributed by atoms with van der Waals surface area (Å²) >= 11 is 3.46. The van der Waals surface area contributed by atoms with Crippen LogP contribution in [-0.4, -0.2) is 19.1 Å². The fourth-order valence-corrected chi connectivity index (χ4v) is 3.68. The number of aryl methyl sites for hydroxylation is 2. The molecule has 152 valence electrons. The van der Waals surface area contributed by atoms with E-state index in [0.717, 1.165) is 45.8 Å². The van der Waals surface area contributed by atoms with Crippen LogP contribution in [0, 0.1) is 13.8 Å². The van der Waals surface area contributed by atoms with Crippen molar-refractivity contribution in [2.75, 3.05) is 18.5 Å². The zero-order valence-electron chi connectivity index (χ0n) is 17.0. The first-order chi connectivity index (χ1) is 13.5. The SMILES string of the molecule is CCCCCCCOc1ccc(NC(=O)COc2c(C)cc(Br)cc2C)cc1. The lowest BCUT2D eigenvalue weighted by Gasteiger charge is -2.13. The third kappa shape index (κ3) is 7.55. The first-order valence-corrected chi connectivity index (χ1v) is 10.7. The number of halogens is 1. The van der Waals surface area contributed by atoms with Gasteiger partial charge >= 0.3 is 0 Å². The van der Waals surface area contributed by atoms with Gasteiger partial charge in [-0.3, -0.25) is 4.79 Å². The van der Waals surface area contributed by atoms with Gasteiger partial charge in [-0.05, 0) is 67.8 Å². The highest BCUT2D eigenvalue weighted by molar-refractivity contribution is 9.10. The predicted molar refractivity (Wildman–Crippen MR) is 118 cm³/mol. The Hall–Kier alpha value is -2.01. The topological polar surface area (TPSA) is 47.6 Å². The van der Waals surface area contributed by atoms with Crippen molar-refractivity contribution in [2.45, 2.75) is 52.9 Å². The molecule has 0 saturated heterocycles. The monoisotopic (exact) mass is 447 g/mol. The number of hydrogen-bond acceptors (Lipinski definition) is 3. The lowest BCUT2D eigenvalue weighted by atomic mass is 10.1. The second kappa shape index (κ2) is 11.7. The molecule has 0 radical (unpaired) electrons. The molecule has 2 rings (SSSR count). The van der Waals surface area contributed by atoms with Crippen molar-refractivity contribution in [3.63, 3.8) is 0 Å². The molecule has 0 bridgehead atoms. The van der Waals surface area contributed by atoms with Crippen molar-refractivity contribution in [2.24, 2.45) is 0 Å². The number of benzene rings is 2. The van der Waals surface area contributed by atoms with Crippen molar-refractivity contribution in [3.05, 3.63) is 52.0 Å². The van der Waals surface area contributed by atoms with E-state index in [1.165, 1.54) is 25.7 Å². The molecule has 2 aromatic rings. The maximum Gasteiger partial charge on any atom is 0.262 e. The Morgan fingerprint density at radius 2 is 1.61 bits per heavy atom. The second-order valence-electron chi connectivity index (χ2n) is 6.99. The van der Waals surface area contributed by atoms with Crippen LogP contribution in [0.4, 0.5) is 5.69 Å². The molecule has 1 amide bonds. The molecule has 0 unspecified atom stereocenters. The summed E-state index contributed by atoms with van der Waals surface area (Å²) in [5.41, 5.74) is 2.72. The predicted octanol–water partition coefficient (Wildman–Crippen LogP) is 6.43. The van der Waals surface area contributed by atoms with Gasteiger partial charge in [-0.15, -0.1) is 0 Å². The quantitative estimate of drug-likeness (QED) is 0.403. The van der Waals surface area contributed by atoms with Crippen LogP contribution in [0.1, 0.15) is 50.2 Å². The lowest BCUT2D eigenvalue weighted by molar-refractivity contribution is -0.118. The minimum atomic E-state index is -0.189. The number of unbranched alkanes of at least 4 members (excludes halogenated alkanes) is 4. The zero-order valence-corrected chi connectivity index (χ0v) is 18.6. The highest BCUT2D eigenvalue weighted by Crippen LogP contribution is 2.27. The minimum absolute atomic E-state index is 0.0284. The van der Waals surface area contributed by atoms with Crippen molar-refractivity contribution < 1.29 is 14.3 Å². The Kier molecular flexibility index (Phi) is 9.35. The number of carbonyl (C=O) groups is 1. The number of nitrogens with one attached hydrogen (secondary N) is 1. The Morgan fingerprint density at radius 1 is 0.964 bits per heavy atom. The lowest BCUT2D eigenvalue weighted by Crippen LogP contribution is -2.20. The number of amides is 1. The van der Waals surface area contributed by atoms with E-state index >= 15 is 0 Å². The van der Waals surface area contributed by atoms with E-state index in [1.54, 1.807) is 0 Å². The van der Waals surface area contributed by atoms with E-state index in [1.807, 2.05) is 50.2 Å². The molecule has 5 heteroatoms. The fourth-order valence-electron chi connectivity index (χ4n) is 2.99. The van der Waals surface area contributed by atoms with Crippen molar-refractivity contribution in [1.82, 2.24) is 0 Å². The molecule has 1 N–H and O–H groups in total. The fraction of sp³-hybridized carbons (Fsp3) is 0.435. The average molecular weight is 448 g/mol. The van der Waals surface area contributed by atoms with E-state index in [-0.39, 0.29) is 12.5 Å². The molecule has 0 aromatic heterocycles. The van der Waals surface area contributed by atoms with Crippen LogP contribution in [0.5, 0.6) is 11.5 Å². The molecular formula is C23H30BrNO3. The first kappa shape index (κ1) is 22.3. The summed E-state index contributed by atoms with van der Waals surface area (Å²) < 4.78 is 12.5. The second-order valence-corrected chi connectivity index (χ2v) is 7.91. The molecule has 0 saturated carbocycles. The number of hydrogen-bond donors (Lipinski definition) is 1. The summed E-state index contributed by atoms with van der Waals surface area (Å²) in [5.74, 6) is 1.39. The maximum absolute atomic E-state index is 12.2. The maximum atomic E-state index is 12.2. The molecule has 4 nitrogen and oxygen atoms in total. The highest BCUT2D eigenvalue weighted by Gasteiger charge is 2.09. The number of ether oxygens (including phenoxy) is 2. The van der Waals surface area contributed by atoms with Crippen LogP contribution in [0.3, 0.4) is 0 Å². The molecule has 0 fully saturated rings. The van der Waals surface area contributed by atoms with Crippen LogP contribution < -0.4 is 14.8 Å². The van der Waals surface area contributed by atoms with Gasteiger partial charge in [-0.1, -0.05) is 48.5 Å². The molecule has 0 spiro atoms. The summed E-state index contributed by atoms with van der Waals surface area (Å²) in [4.78, 5) is 12.2. The van der Waals surface area contributed by atoms with Gasteiger partial charge in [0.25, 0.3) is 5.91 Å². The van der Waals surface area contributed by atoms with Gasteiger partial charge in [0.15, 0.2) is 6.61 Å². The zero-order chi connectivity index (χ0) is 20.4. The summed E-state index contributed by atoms with van der Waals surface area (Å²) in [6, 6.07) is 11.4. The number of carbonyl (C=O) groups excluding carboxylic acids is 1. The third-order valence-electron chi connectivity index (χ3n) is 4.43. The van der Waals surface area contributed by atoms with Crippen molar-refractivity contribution >= 4 is 27.5 Å². The van der Waals surface area contributed by atoms with E-state index in [0.29, 0.717) is 0 Å². The smallest absolute Gasteiger partial charge is 0.262 e. The van der Waals surface area contributed by atoms with E-state index < -0.39 is 0 Å². The normalized spacial score (nSPS) is 10.6. The molecule has 0 aliphatic rings. The summed E-state index contributed by atoms with van der Waals surface area (Å²) in [5, 5.41) is 2.85. The van der Waals surface area contributed by atoms with Gasteiger partial charge < -0.3 is 14.8 Å². The van der Waals surface area contributed by atoms with Gasteiger partial charge in [0, 0.05) is 10.2 Å². The Bertz CT molecular complexity index is 736. The van der Waals surface area contributed by atoms with Gasteiger partial charge in [0.1, 0.15) is 11.5 Å². The summed E-state index contributed by atoms with van der Waals surface area (Å²) in [6.45, 7) is 6.85. The van der Waals surface area contributed by atoms with Crippen molar-refractivity contribution in [3.8, 4) is 11.5 Å². The molecule has 0 aliphatic heterocycles. The molecule has 0 heterocycles. The van der Waals surface area contributed by atoms with Crippen LogP contribution in [-0.2, 0) is 4.79 Å². The Labute approximate surface area is 176 Å². The Morgan fingerprint density at radius 3 is 2.25 bits per heavy atom. The summed E-state index contributed by atoms with van der Waals surface area (Å²) in [7, 11) is 0. The average Bonchev–Trinajstić information content (AvgIpc) is 2.65. The van der Waals surface area contributed by atoms with Crippen LogP contribution in [0.15, 0.2) is 40.9 Å². The Balaban J connectivity index is 1.75. The van der Waals surface area contributed by atoms with Gasteiger partial charge in [0.2, 0.25) is 0 Å². The molecular weight excluding hydrogens is 418 g/mol. The van der Waals surface area contributed by atoms with Gasteiger partial charge in [0.05, 0.1) is 6.61 Å². The summed E-state index contributed by atoms with van der Waals surface area (Å²) in [6.07, 6.45) is 6.09. The standard InChI is InChI=1S/C23H30BrNO3/c1-4-5-6-7-8-13-27-21-11-9-20(10-12-21)25-22(26)16-28-23-17(2)14-19(24)15-18(23)3/h9-12,14-15H,4-8,13,16H2,1-3H3,(H,25,26). The molecule has 0 atom stereocenters. The largest absolute Gasteiger partial charge is 0.494 e.